The highest BCUT2D eigenvalue weighted by Gasteiger charge is 2.21. The summed E-state index contributed by atoms with van der Waals surface area (Å²) in [5.74, 6) is -0.957. The lowest BCUT2D eigenvalue weighted by molar-refractivity contribution is -0.384. The van der Waals surface area contributed by atoms with Gasteiger partial charge in [-0.25, -0.2) is 0 Å². The van der Waals surface area contributed by atoms with Gasteiger partial charge in [-0.3, -0.25) is 29.1 Å². The van der Waals surface area contributed by atoms with Crippen LogP contribution in [0.5, 0.6) is 0 Å². The molecule has 0 aliphatic carbocycles. The maximum atomic E-state index is 12.8. The highest BCUT2D eigenvalue weighted by atomic mass is 16.6. The summed E-state index contributed by atoms with van der Waals surface area (Å²) in [7, 11) is 1.76. The number of rotatable bonds is 6. The van der Waals surface area contributed by atoms with Gasteiger partial charge in [0.2, 0.25) is 0 Å². The van der Waals surface area contributed by atoms with Gasteiger partial charge in [-0.05, 0) is 26.0 Å². The molecule has 0 spiro atoms. The van der Waals surface area contributed by atoms with Crippen LogP contribution in [0.3, 0.4) is 0 Å². The molecule has 2 aromatic heterocycles. The molecular formula is C18H19N7O4. The van der Waals surface area contributed by atoms with Gasteiger partial charge < -0.3 is 10.6 Å². The molecule has 0 fully saturated rings. The van der Waals surface area contributed by atoms with Crippen molar-refractivity contribution in [1.29, 1.82) is 0 Å². The summed E-state index contributed by atoms with van der Waals surface area (Å²) in [6.07, 6.45) is 2.92. The van der Waals surface area contributed by atoms with Crippen molar-refractivity contribution in [3.8, 4) is 0 Å². The SMILES string of the molecule is CCn1ncc(NC(=O)c2ccc([N+](=O)[O-])cc2)c1C(=O)Nc1cnn(C)c1C. The van der Waals surface area contributed by atoms with Crippen LogP contribution in [0.2, 0.25) is 0 Å². The fourth-order valence-corrected chi connectivity index (χ4v) is 2.69. The Balaban J connectivity index is 1.84. The second-order valence-corrected chi connectivity index (χ2v) is 6.20. The number of nitro groups is 1. The van der Waals surface area contributed by atoms with Crippen LogP contribution in [-0.2, 0) is 13.6 Å². The van der Waals surface area contributed by atoms with Gasteiger partial charge in [0.05, 0.1) is 34.4 Å². The molecule has 2 N–H and O–H groups in total. The predicted octanol–water partition coefficient (Wildman–Crippen LogP) is 2.36. The van der Waals surface area contributed by atoms with Gasteiger partial charge in [-0.1, -0.05) is 0 Å². The Bertz CT molecular complexity index is 1080. The number of carbonyl (C=O) groups excluding carboxylic acids is 2. The molecule has 0 aliphatic heterocycles. The third-order valence-electron chi connectivity index (χ3n) is 4.43. The van der Waals surface area contributed by atoms with Crippen LogP contribution in [0.15, 0.2) is 36.7 Å². The van der Waals surface area contributed by atoms with E-state index in [0.29, 0.717) is 12.2 Å². The molecule has 3 rings (SSSR count). The van der Waals surface area contributed by atoms with Crippen molar-refractivity contribution in [2.24, 2.45) is 7.05 Å². The second kappa shape index (κ2) is 7.92. The highest BCUT2D eigenvalue weighted by Crippen LogP contribution is 2.21. The molecule has 0 saturated carbocycles. The third kappa shape index (κ3) is 3.98. The van der Waals surface area contributed by atoms with Crippen molar-refractivity contribution in [3.63, 3.8) is 0 Å². The van der Waals surface area contributed by atoms with E-state index < -0.39 is 16.7 Å². The Morgan fingerprint density at radius 2 is 1.69 bits per heavy atom. The van der Waals surface area contributed by atoms with Crippen LogP contribution in [0, 0.1) is 17.0 Å². The number of nitrogens with zero attached hydrogens (tertiary/aromatic N) is 5. The lowest BCUT2D eigenvalue weighted by Gasteiger charge is -2.10. The van der Waals surface area contributed by atoms with E-state index in [2.05, 4.69) is 20.8 Å². The van der Waals surface area contributed by atoms with Crippen molar-refractivity contribution in [2.45, 2.75) is 20.4 Å². The van der Waals surface area contributed by atoms with E-state index in [-0.39, 0.29) is 22.6 Å². The molecule has 11 nitrogen and oxygen atoms in total. The molecule has 1 aromatic carbocycles. The van der Waals surface area contributed by atoms with E-state index >= 15 is 0 Å². The van der Waals surface area contributed by atoms with E-state index in [0.717, 1.165) is 5.69 Å². The zero-order valence-electron chi connectivity index (χ0n) is 16.0. The molecular weight excluding hydrogens is 378 g/mol. The number of hydrogen-bond donors (Lipinski definition) is 2. The van der Waals surface area contributed by atoms with Crippen molar-refractivity contribution in [3.05, 3.63) is 63.7 Å². The van der Waals surface area contributed by atoms with E-state index in [9.17, 15) is 19.7 Å². The normalized spacial score (nSPS) is 10.6. The largest absolute Gasteiger partial charge is 0.319 e. The van der Waals surface area contributed by atoms with Crippen LogP contribution in [0.1, 0.15) is 33.5 Å². The smallest absolute Gasteiger partial charge is 0.276 e. The number of nitrogens with one attached hydrogen (secondary N) is 2. The molecule has 0 aliphatic rings. The zero-order chi connectivity index (χ0) is 21.1. The molecule has 11 heteroatoms. The zero-order valence-corrected chi connectivity index (χ0v) is 16.0. The van der Waals surface area contributed by atoms with Crippen molar-refractivity contribution in [2.75, 3.05) is 10.6 Å². The summed E-state index contributed by atoms with van der Waals surface area (Å²) >= 11 is 0. The Morgan fingerprint density at radius 3 is 2.24 bits per heavy atom. The minimum absolute atomic E-state index is 0.118. The third-order valence-corrected chi connectivity index (χ3v) is 4.43. The fourth-order valence-electron chi connectivity index (χ4n) is 2.69. The highest BCUT2D eigenvalue weighted by molar-refractivity contribution is 6.11. The van der Waals surface area contributed by atoms with Crippen molar-refractivity contribution in [1.82, 2.24) is 19.6 Å². The monoisotopic (exact) mass is 397 g/mol. The first-order valence-corrected chi connectivity index (χ1v) is 8.73. The van der Waals surface area contributed by atoms with E-state index in [1.807, 2.05) is 13.8 Å². The number of aryl methyl sites for hydroxylation is 2. The van der Waals surface area contributed by atoms with Gasteiger partial charge in [0.25, 0.3) is 17.5 Å². The summed E-state index contributed by atoms with van der Waals surface area (Å²) in [6.45, 7) is 4.06. The predicted molar refractivity (Wildman–Crippen MR) is 105 cm³/mol. The number of hydrogen-bond acceptors (Lipinski definition) is 6. The molecule has 2 heterocycles. The molecule has 3 aromatic rings. The summed E-state index contributed by atoms with van der Waals surface area (Å²) in [6, 6.07) is 5.17. The maximum Gasteiger partial charge on any atom is 0.276 e. The minimum Gasteiger partial charge on any atom is -0.319 e. The molecule has 0 unspecified atom stereocenters. The number of carbonyl (C=O) groups is 2. The standard InChI is InChI=1S/C18H19N7O4/c1-4-24-16(18(27)21-14-9-19-23(3)11(14)2)15(10-20-24)22-17(26)12-5-7-13(8-6-12)25(28)29/h5-10H,4H2,1-3H3,(H,21,27)(H,22,26). The number of amides is 2. The van der Waals surface area contributed by atoms with Crippen LogP contribution < -0.4 is 10.6 Å². The van der Waals surface area contributed by atoms with Crippen LogP contribution in [0.25, 0.3) is 0 Å². The lowest BCUT2D eigenvalue weighted by Crippen LogP contribution is -2.21. The molecule has 0 bridgehead atoms. The van der Waals surface area contributed by atoms with E-state index in [1.165, 1.54) is 41.3 Å². The van der Waals surface area contributed by atoms with Gasteiger partial charge in [-0.15, -0.1) is 0 Å². The molecule has 0 radical (unpaired) electrons. The second-order valence-electron chi connectivity index (χ2n) is 6.20. The van der Waals surface area contributed by atoms with Crippen LogP contribution in [-0.4, -0.2) is 36.3 Å². The average molecular weight is 397 g/mol. The summed E-state index contributed by atoms with van der Waals surface area (Å²) < 4.78 is 3.09. The van der Waals surface area contributed by atoms with Crippen LogP contribution >= 0.6 is 0 Å². The fraction of sp³-hybridized carbons (Fsp3) is 0.222. The quantitative estimate of drug-likeness (QED) is 0.484. The van der Waals surface area contributed by atoms with Crippen molar-refractivity contribution < 1.29 is 14.5 Å². The van der Waals surface area contributed by atoms with Gasteiger partial charge >= 0.3 is 0 Å². The first-order valence-electron chi connectivity index (χ1n) is 8.73. The molecule has 2 amide bonds. The van der Waals surface area contributed by atoms with Crippen LogP contribution in [0.4, 0.5) is 17.1 Å². The Hall–Kier alpha value is -4.02. The average Bonchev–Trinajstić information content (AvgIpc) is 3.25. The number of anilines is 2. The van der Waals surface area contributed by atoms with E-state index in [4.69, 9.17) is 0 Å². The first kappa shape index (κ1) is 19.7. The Labute approximate surface area is 165 Å². The number of nitro benzene ring substituents is 1. The molecule has 150 valence electrons. The lowest BCUT2D eigenvalue weighted by atomic mass is 10.2. The molecule has 29 heavy (non-hydrogen) atoms. The summed E-state index contributed by atoms with van der Waals surface area (Å²) in [5, 5.41) is 24.4. The topological polar surface area (TPSA) is 137 Å². The molecule has 0 saturated heterocycles. The number of benzene rings is 1. The minimum atomic E-state index is -0.546. The van der Waals surface area contributed by atoms with E-state index in [1.54, 1.807) is 11.7 Å². The summed E-state index contributed by atoms with van der Waals surface area (Å²) in [5.41, 5.74) is 1.84. The number of non-ortho nitro benzene ring substituents is 1. The number of aromatic nitrogens is 4. The Morgan fingerprint density at radius 1 is 1.07 bits per heavy atom. The van der Waals surface area contributed by atoms with Gasteiger partial charge in [0.1, 0.15) is 5.69 Å². The van der Waals surface area contributed by atoms with Gasteiger partial charge in [0, 0.05) is 31.3 Å². The van der Waals surface area contributed by atoms with Crippen molar-refractivity contribution >= 4 is 28.9 Å². The van der Waals surface area contributed by atoms with Gasteiger partial charge in [-0.2, -0.15) is 10.2 Å². The maximum absolute atomic E-state index is 12.8. The van der Waals surface area contributed by atoms with Gasteiger partial charge in [0.15, 0.2) is 0 Å². The first-order chi connectivity index (χ1) is 13.8. The molecule has 0 atom stereocenters. The summed E-state index contributed by atoms with van der Waals surface area (Å²) in [4.78, 5) is 35.6. The Kier molecular flexibility index (Phi) is 5.39.